The molecule has 0 saturated carbocycles. The average molecular weight is 426 g/mol. The molecule has 0 spiro atoms. The first kappa shape index (κ1) is 20.8. The van der Waals surface area contributed by atoms with Crippen molar-refractivity contribution in [2.75, 3.05) is 26.7 Å². The molecule has 1 N–H and O–H groups in total. The third-order valence-corrected chi connectivity index (χ3v) is 5.35. The quantitative estimate of drug-likeness (QED) is 0.514. The van der Waals surface area contributed by atoms with Gasteiger partial charge in [-0.1, -0.05) is 6.92 Å². The van der Waals surface area contributed by atoms with Crippen molar-refractivity contribution >= 4 is 27.8 Å². The molecule has 1 aromatic rings. The Hall–Kier alpha value is -1.50. The van der Waals surface area contributed by atoms with Gasteiger partial charge in [-0.2, -0.15) is 0 Å². The van der Waals surface area contributed by atoms with Crippen LogP contribution in [0.15, 0.2) is 21.7 Å². The number of nitrogens with zero attached hydrogens (tertiary/aromatic N) is 4. The van der Waals surface area contributed by atoms with Crippen molar-refractivity contribution in [2.24, 2.45) is 12.0 Å². The van der Waals surface area contributed by atoms with Gasteiger partial charge in [0, 0.05) is 62.6 Å². The number of halogens is 1. The van der Waals surface area contributed by atoms with Gasteiger partial charge in [0.25, 0.3) is 0 Å². The fourth-order valence-electron chi connectivity index (χ4n) is 3.47. The maximum absolute atomic E-state index is 12.0. The monoisotopic (exact) mass is 425 g/mol. The molecule has 7 heteroatoms. The van der Waals surface area contributed by atoms with Crippen LogP contribution in [0.3, 0.4) is 0 Å². The van der Waals surface area contributed by atoms with E-state index < -0.39 is 0 Å². The number of likely N-dealkylation sites (tertiary alicyclic amines) is 1. The van der Waals surface area contributed by atoms with E-state index in [9.17, 15) is 4.79 Å². The van der Waals surface area contributed by atoms with Crippen molar-refractivity contribution in [3.05, 3.63) is 22.4 Å². The summed E-state index contributed by atoms with van der Waals surface area (Å²) in [6.45, 7) is 7.50. The second-order valence-electron chi connectivity index (χ2n) is 6.89. The Morgan fingerprint density at radius 2 is 2.23 bits per heavy atom. The Morgan fingerprint density at radius 1 is 1.46 bits per heavy atom. The predicted octanol–water partition coefficient (Wildman–Crippen LogP) is 2.98. The van der Waals surface area contributed by atoms with Gasteiger partial charge in [-0.15, -0.1) is 0 Å². The highest BCUT2D eigenvalue weighted by Crippen LogP contribution is 2.18. The van der Waals surface area contributed by atoms with Crippen molar-refractivity contribution in [2.45, 2.75) is 52.1 Å². The highest BCUT2D eigenvalue weighted by Gasteiger charge is 2.26. The van der Waals surface area contributed by atoms with Crippen LogP contribution in [0.4, 0.5) is 0 Å². The first-order chi connectivity index (χ1) is 12.5. The number of hydrogen-bond acceptors (Lipinski definition) is 2. The summed E-state index contributed by atoms with van der Waals surface area (Å²) < 4.78 is 3.21. The Labute approximate surface area is 165 Å². The van der Waals surface area contributed by atoms with Gasteiger partial charge in [0.15, 0.2) is 5.96 Å². The predicted molar refractivity (Wildman–Crippen MR) is 110 cm³/mol. The number of rotatable bonds is 8. The molecule has 0 bridgehead atoms. The molecule has 1 aliphatic rings. The SMILES string of the molecule is CCNC(=NCCC(CC)N1CCCC1=O)N(C)Cc1cc(Br)cn1C. The maximum Gasteiger partial charge on any atom is 0.222 e. The highest BCUT2D eigenvalue weighted by molar-refractivity contribution is 9.10. The minimum Gasteiger partial charge on any atom is -0.357 e. The van der Waals surface area contributed by atoms with Gasteiger partial charge in [-0.3, -0.25) is 9.79 Å². The fourth-order valence-corrected chi connectivity index (χ4v) is 4.04. The Kier molecular flexibility index (Phi) is 8.00. The van der Waals surface area contributed by atoms with Gasteiger partial charge in [0.05, 0.1) is 6.54 Å². The summed E-state index contributed by atoms with van der Waals surface area (Å²) in [5.74, 6) is 1.21. The van der Waals surface area contributed by atoms with Crippen LogP contribution in [0.2, 0.25) is 0 Å². The molecule has 1 fully saturated rings. The molecule has 1 unspecified atom stereocenters. The average Bonchev–Trinajstić information content (AvgIpc) is 3.15. The minimum atomic E-state index is 0.305. The zero-order chi connectivity index (χ0) is 19.1. The lowest BCUT2D eigenvalue weighted by molar-refractivity contribution is -0.129. The summed E-state index contributed by atoms with van der Waals surface area (Å²) in [6.07, 6.45) is 5.67. The normalized spacial score (nSPS) is 16.3. The van der Waals surface area contributed by atoms with Crippen LogP contribution in [0, 0.1) is 0 Å². The molecule has 26 heavy (non-hydrogen) atoms. The van der Waals surface area contributed by atoms with Crippen molar-refractivity contribution in [3.8, 4) is 0 Å². The van der Waals surface area contributed by atoms with Gasteiger partial charge < -0.3 is 19.7 Å². The third-order valence-electron chi connectivity index (χ3n) is 4.92. The molecular formula is C19H32BrN5O. The van der Waals surface area contributed by atoms with Crippen LogP contribution < -0.4 is 5.32 Å². The van der Waals surface area contributed by atoms with Crippen LogP contribution in [0.1, 0.15) is 45.2 Å². The van der Waals surface area contributed by atoms with Gasteiger partial charge in [-0.25, -0.2) is 0 Å². The van der Waals surface area contributed by atoms with Gasteiger partial charge >= 0.3 is 0 Å². The lowest BCUT2D eigenvalue weighted by Gasteiger charge is -2.27. The number of carbonyl (C=O) groups is 1. The van der Waals surface area contributed by atoms with Crippen molar-refractivity contribution in [1.82, 2.24) is 19.7 Å². The van der Waals surface area contributed by atoms with Crippen LogP contribution in [0.25, 0.3) is 0 Å². The molecule has 2 heterocycles. The van der Waals surface area contributed by atoms with Crippen LogP contribution in [0.5, 0.6) is 0 Å². The van der Waals surface area contributed by atoms with E-state index in [0.717, 1.165) is 55.9 Å². The maximum atomic E-state index is 12.0. The fraction of sp³-hybridized carbons (Fsp3) is 0.684. The molecular weight excluding hydrogens is 394 g/mol. The summed E-state index contributed by atoms with van der Waals surface area (Å²) in [5.41, 5.74) is 1.22. The molecule has 1 saturated heterocycles. The first-order valence-electron chi connectivity index (χ1n) is 9.55. The van der Waals surface area contributed by atoms with Gasteiger partial charge in [0.1, 0.15) is 0 Å². The van der Waals surface area contributed by atoms with E-state index in [2.05, 4.69) is 70.9 Å². The molecule has 1 atom stereocenters. The number of nitrogens with one attached hydrogen (secondary N) is 1. The number of aromatic nitrogens is 1. The standard InChI is InChI=1S/C19H32BrN5O/c1-5-16(25-11-7-8-18(25)26)9-10-22-19(21-6-2)24(4)14-17-12-15(20)13-23(17)3/h12-13,16H,5-11,14H2,1-4H3,(H,21,22). The number of hydrogen-bond donors (Lipinski definition) is 1. The topological polar surface area (TPSA) is 52.9 Å². The molecule has 1 amide bonds. The smallest absolute Gasteiger partial charge is 0.222 e. The highest BCUT2D eigenvalue weighted by atomic mass is 79.9. The van der Waals surface area contributed by atoms with E-state index in [4.69, 9.17) is 4.99 Å². The Balaban J connectivity index is 1.96. The van der Waals surface area contributed by atoms with E-state index in [-0.39, 0.29) is 0 Å². The van der Waals surface area contributed by atoms with Crippen LogP contribution in [-0.4, -0.2) is 59.0 Å². The largest absolute Gasteiger partial charge is 0.357 e. The number of guanidine groups is 1. The number of carbonyl (C=O) groups excluding carboxylic acids is 1. The molecule has 0 aliphatic carbocycles. The molecule has 0 aromatic carbocycles. The molecule has 6 nitrogen and oxygen atoms in total. The Morgan fingerprint density at radius 3 is 2.77 bits per heavy atom. The molecule has 0 radical (unpaired) electrons. The lowest BCUT2D eigenvalue weighted by atomic mass is 10.1. The van der Waals surface area contributed by atoms with E-state index in [1.807, 2.05) is 4.90 Å². The minimum absolute atomic E-state index is 0.305. The van der Waals surface area contributed by atoms with Gasteiger partial charge in [0.2, 0.25) is 5.91 Å². The zero-order valence-electron chi connectivity index (χ0n) is 16.5. The summed E-state index contributed by atoms with van der Waals surface area (Å²) >= 11 is 3.53. The number of amides is 1. The molecule has 2 rings (SSSR count). The second kappa shape index (κ2) is 10.00. The van der Waals surface area contributed by atoms with E-state index in [1.54, 1.807) is 0 Å². The lowest BCUT2D eigenvalue weighted by Crippen LogP contribution is -2.39. The first-order valence-corrected chi connectivity index (χ1v) is 10.3. The summed E-state index contributed by atoms with van der Waals surface area (Å²) in [7, 11) is 4.11. The molecule has 1 aromatic heterocycles. The van der Waals surface area contributed by atoms with Crippen LogP contribution >= 0.6 is 15.9 Å². The zero-order valence-corrected chi connectivity index (χ0v) is 18.0. The van der Waals surface area contributed by atoms with Crippen molar-refractivity contribution in [3.63, 3.8) is 0 Å². The van der Waals surface area contributed by atoms with Gasteiger partial charge in [-0.05, 0) is 48.2 Å². The van der Waals surface area contributed by atoms with E-state index in [1.165, 1.54) is 5.69 Å². The summed E-state index contributed by atoms with van der Waals surface area (Å²) in [5, 5.41) is 3.37. The summed E-state index contributed by atoms with van der Waals surface area (Å²) in [6, 6.07) is 2.44. The molecule has 146 valence electrons. The third kappa shape index (κ3) is 5.50. The number of aliphatic imine (C=N–C) groups is 1. The van der Waals surface area contributed by atoms with Crippen molar-refractivity contribution in [1.29, 1.82) is 0 Å². The van der Waals surface area contributed by atoms with E-state index in [0.29, 0.717) is 18.4 Å². The Bertz CT molecular complexity index is 627. The van der Waals surface area contributed by atoms with Crippen LogP contribution in [-0.2, 0) is 18.4 Å². The van der Waals surface area contributed by atoms with E-state index >= 15 is 0 Å². The number of aryl methyl sites for hydroxylation is 1. The second-order valence-corrected chi connectivity index (χ2v) is 7.81. The van der Waals surface area contributed by atoms with Crippen molar-refractivity contribution < 1.29 is 4.79 Å². The molecule has 1 aliphatic heterocycles. The summed E-state index contributed by atoms with van der Waals surface area (Å²) in [4.78, 5) is 21.0.